The fourth-order valence-electron chi connectivity index (χ4n) is 4.06. The number of ketones is 1. The standard InChI is InChI=1S/C27H34N2O5/c1-7-33-22-12-11-20(15-18(22)4)25(30)23-24(19-9-8-10-21(16-19)34-17(2)3)29(14-13-28(5)6)27(32)26(23)31/h8-12,15-17,24,30H,7,13-14H2,1-6H3/b25-23+. The number of likely N-dealkylation sites (tertiary alicyclic amines) is 1. The van der Waals surface area contributed by atoms with E-state index in [4.69, 9.17) is 9.47 Å². The van der Waals surface area contributed by atoms with Crippen LogP contribution in [0.25, 0.3) is 5.76 Å². The third-order valence-corrected chi connectivity index (χ3v) is 5.62. The van der Waals surface area contributed by atoms with E-state index in [1.807, 2.05) is 71.0 Å². The Morgan fingerprint density at radius 1 is 1.15 bits per heavy atom. The molecule has 7 nitrogen and oxygen atoms in total. The van der Waals surface area contributed by atoms with Gasteiger partial charge in [-0.3, -0.25) is 9.59 Å². The first-order valence-corrected chi connectivity index (χ1v) is 11.6. The fraction of sp³-hybridized carbons (Fsp3) is 0.407. The van der Waals surface area contributed by atoms with Crippen LogP contribution in [-0.2, 0) is 9.59 Å². The van der Waals surface area contributed by atoms with Crippen molar-refractivity contribution in [3.8, 4) is 11.5 Å². The lowest BCUT2D eigenvalue weighted by Crippen LogP contribution is -2.35. The van der Waals surface area contributed by atoms with Gasteiger partial charge < -0.3 is 24.4 Å². The summed E-state index contributed by atoms with van der Waals surface area (Å²) in [5.41, 5.74) is 2.08. The summed E-state index contributed by atoms with van der Waals surface area (Å²) in [6.45, 7) is 9.10. The van der Waals surface area contributed by atoms with Crippen LogP contribution in [0, 0.1) is 6.92 Å². The molecule has 1 saturated heterocycles. The molecule has 1 N–H and O–H groups in total. The Morgan fingerprint density at radius 3 is 2.50 bits per heavy atom. The lowest BCUT2D eigenvalue weighted by atomic mass is 9.94. The van der Waals surface area contributed by atoms with Gasteiger partial charge >= 0.3 is 0 Å². The Labute approximate surface area is 201 Å². The quantitative estimate of drug-likeness (QED) is 0.340. The summed E-state index contributed by atoms with van der Waals surface area (Å²) >= 11 is 0. The van der Waals surface area contributed by atoms with E-state index in [9.17, 15) is 14.7 Å². The summed E-state index contributed by atoms with van der Waals surface area (Å²) in [6, 6.07) is 11.9. The van der Waals surface area contributed by atoms with Gasteiger partial charge in [0.25, 0.3) is 11.7 Å². The van der Waals surface area contributed by atoms with E-state index in [1.165, 1.54) is 4.90 Å². The van der Waals surface area contributed by atoms with Crippen LogP contribution in [0.15, 0.2) is 48.0 Å². The molecule has 2 aromatic rings. The van der Waals surface area contributed by atoms with Crippen LogP contribution >= 0.6 is 0 Å². The van der Waals surface area contributed by atoms with Gasteiger partial charge in [-0.25, -0.2) is 0 Å². The Morgan fingerprint density at radius 2 is 1.88 bits per heavy atom. The molecular formula is C27H34N2O5. The fourth-order valence-corrected chi connectivity index (χ4v) is 4.06. The second-order valence-corrected chi connectivity index (χ2v) is 8.95. The molecule has 7 heteroatoms. The SMILES string of the molecule is CCOc1ccc(/C(O)=C2\C(=O)C(=O)N(CCN(C)C)C2c2cccc(OC(C)C)c2)cc1C. The highest BCUT2D eigenvalue weighted by molar-refractivity contribution is 6.46. The molecule has 1 aliphatic heterocycles. The number of likely N-dealkylation sites (N-methyl/N-ethyl adjacent to an activating group) is 1. The summed E-state index contributed by atoms with van der Waals surface area (Å²) in [5, 5.41) is 11.3. The van der Waals surface area contributed by atoms with Crippen LogP contribution < -0.4 is 9.47 Å². The molecule has 1 amide bonds. The van der Waals surface area contributed by atoms with Crippen LogP contribution in [0.4, 0.5) is 0 Å². The van der Waals surface area contributed by atoms with Gasteiger partial charge in [0.15, 0.2) is 0 Å². The van der Waals surface area contributed by atoms with E-state index in [-0.39, 0.29) is 17.4 Å². The number of rotatable bonds is 9. The van der Waals surface area contributed by atoms with Crippen molar-refractivity contribution in [3.63, 3.8) is 0 Å². The zero-order valence-corrected chi connectivity index (χ0v) is 20.8. The highest BCUT2D eigenvalue weighted by atomic mass is 16.5. The Hall–Kier alpha value is -3.32. The first-order chi connectivity index (χ1) is 16.1. The van der Waals surface area contributed by atoms with Crippen molar-refractivity contribution in [2.45, 2.75) is 39.8 Å². The summed E-state index contributed by atoms with van der Waals surface area (Å²) in [6.07, 6.45) is -0.0258. The number of carbonyl (C=O) groups excluding carboxylic acids is 2. The van der Waals surface area contributed by atoms with E-state index < -0.39 is 17.7 Å². The second kappa shape index (κ2) is 10.7. The van der Waals surface area contributed by atoms with Gasteiger partial charge in [-0.15, -0.1) is 0 Å². The Kier molecular flexibility index (Phi) is 7.99. The topological polar surface area (TPSA) is 79.3 Å². The molecule has 0 bridgehead atoms. The number of aliphatic hydroxyl groups excluding tert-OH is 1. The van der Waals surface area contributed by atoms with E-state index in [2.05, 4.69) is 0 Å². The summed E-state index contributed by atoms with van der Waals surface area (Å²) in [5.74, 6) is -0.158. The number of nitrogens with zero attached hydrogens (tertiary/aromatic N) is 2. The monoisotopic (exact) mass is 466 g/mol. The number of benzene rings is 2. The lowest BCUT2D eigenvalue weighted by Gasteiger charge is -2.27. The molecule has 34 heavy (non-hydrogen) atoms. The van der Waals surface area contributed by atoms with Gasteiger partial charge in [0.05, 0.1) is 24.3 Å². The number of carbonyl (C=O) groups is 2. The van der Waals surface area contributed by atoms with Gasteiger partial charge in [-0.1, -0.05) is 12.1 Å². The predicted molar refractivity (Wildman–Crippen MR) is 132 cm³/mol. The average Bonchev–Trinajstić information content (AvgIpc) is 3.03. The molecule has 1 atom stereocenters. The maximum atomic E-state index is 13.2. The molecule has 1 heterocycles. The maximum absolute atomic E-state index is 13.2. The molecular weight excluding hydrogens is 432 g/mol. The third-order valence-electron chi connectivity index (χ3n) is 5.62. The Balaban J connectivity index is 2.14. The molecule has 2 aromatic carbocycles. The molecule has 0 aromatic heterocycles. The van der Waals surface area contributed by atoms with Gasteiger partial charge in [-0.05, 0) is 83.2 Å². The van der Waals surface area contributed by atoms with E-state index in [0.717, 1.165) is 5.56 Å². The predicted octanol–water partition coefficient (Wildman–Crippen LogP) is 4.16. The smallest absolute Gasteiger partial charge is 0.295 e. The molecule has 0 radical (unpaired) electrons. The van der Waals surface area contributed by atoms with Crippen molar-refractivity contribution in [3.05, 3.63) is 64.7 Å². The minimum atomic E-state index is -0.720. The molecule has 1 fully saturated rings. The largest absolute Gasteiger partial charge is 0.507 e. The number of ether oxygens (including phenoxy) is 2. The third kappa shape index (κ3) is 5.42. The average molecular weight is 467 g/mol. The number of Topliss-reactive ketones (excluding diaryl/α,β-unsaturated/α-hetero) is 1. The second-order valence-electron chi connectivity index (χ2n) is 8.95. The minimum Gasteiger partial charge on any atom is -0.507 e. The van der Waals surface area contributed by atoms with Gasteiger partial charge in [0, 0.05) is 18.7 Å². The van der Waals surface area contributed by atoms with Crippen LogP contribution in [0.3, 0.4) is 0 Å². The number of amides is 1. The summed E-state index contributed by atoms with van der Waals surface area (Å²) in [4.78, 5) is 29.8. The summed E-state index contributed by atoms with van der Waals surface area (Å²) in [7, 11) is 3.82. The molecule has 0 spiro atoms. The molecule has 1 unspecified atom stereocenters. The van der Waals surface area contributed by atoms with E-state index in [0.29, 0.717) is 42.3 Å². The van der Waals surface area contributed by atoms with Gasteiger partial charge in [-0.2, -0.15) is 0 Å². The normalized spacial score (nSPS) is 17.6. The van der Waals surface area contributed by atoms with Crippen molar-refractivity contribution in [2.75, 3.05) is 33.8 Å². The molecule has 0 saturated carbocycles. The zero-order chi connectivity index (χ0) is 25.0. The summed E-state index contributed by atoms with van der Waals surface area (Å²) < 4.78 is 11.4. The van der Waals surface area contributed by atoms with Crippen molar-refractivity contribution in [2.24, 2.45) is 0 Å². The van der Waals surface area contributed by atoms with Gasteiger partial charge in [0.2, 0.25) is 0 Å². The number of hydrogen-bond donors (Lipinski definition) is 1. The minimum absolute atomic E-state index is 0.0258. The van der Waals surface area contributed by atoms with Crippen molar-refractivity contribution in [1.29, 1.82) is 0 Å². The van der Waals surface area contributed by atoms with Crippen LogP contribution in [0.2, 0.25) is 0 Å². The molecule has 0 aliphatic carbocycles. The molecule has 182 valence electrons. The maximum Gasteiger partial charge on any atom is 0.295 e. The van der Waals surface area contributed by atoms with E-state index >= 15 is 0 Å². The number of aliphatic hydroxyl groups is 1. The first-order valence-electron chi connectivity index (χ1n) is 11.6. The van der Waals surface area contributed by atoms with Crippen molar-refractivity contribution < 1.29 is 24.2 Å². The Bertz CT molecular complexity index is 1090. The highest BCUT2D eigenvalue weighted by Crippen LogP contribution is 2.40. The highest BCUT2D eigenvalue weighted by Gasteiger charge is 2.46. The van der Waals surface area contributed by atoms with Crippen LogP contribution in [0.5, 0.6) is 11.5 Å². The van der Waals surface area contributed by atoms with Crippen LogP contribution in [-0.4, -0.2) is 66.5 Å². The number of aryl methyl sites for hydroxylation is 1. The lowest BCUT2D eigenvalue weighted by molar-refractivity contribution is -0.140. The van der Waals surface area contributed by atoms with E-state index in [1.54, 1.807) is 18.2 Å². The van der Waals surface area contributed by atoms with Crippen molar-refractivity contribution >= 4 is 17.4 Å². The molecule has 1 aliphatic rings. The van der Waals surface area contributed by atoms with Gasteiger partial charge in [0.1, 0.15) is 17.3 Å². The van der Waals surface area contributed by atoms with Crippen molar-refractivity contribution in [1.82, 2.24) is 9.80 Å². The van der Waals surface area contributed by atoms with Crippen LogP contribution in [0.1, 0.15) is 43.5 Å². The zero-order valence-electron chi connectivity index (χ0n) is 20.8. The number of hydrogen-bond acceptors (Lipinski definition) is 6. The molecule has 3 rings (SSSR count). The first kappa shape index (κ1) is 25.3.